The Bertz CT molecular complexity index is 1300. The molecule has 3 aromatic carbocycles. The largest absolute Gasteiger partial charge is 0.420 e. The molecular formula is C22H13Cl2NO4. The average Bonchev–Trinajstić information content (AvgIpc) is 3.02. The number of ketones is 2. The van der Waals surface area contributed by atoms with Crippen molar-refractivity contribution in [2.75, 3.05) is 0 Å². The highest BCUT2D eigenvalue weighted by molar-refractivity contribution is 6.35. The number of aromatic nitrogens is 1. The zero-order valence-corrected chi connectivity index (χ0v) is 16.4. The highest BCUT2D eigenvalue weighted by Gasteiger charge is 2.18. The van der Waals surface area contributed by atoms with Crippen molar-refractivity contribution < 1.29 is 14.0 Å². The van der Waals surface area contributed by atoms with Crippen molar-refractivity contribution in [3.8, 4) is 0 Å². The van der Waals surface area contributed by atoms with Gasteiger partial charge in [-0.2, -0.15) is 0 Å². The summed E-state index contributed by atoms with van der Waals surface area (Å²) in [6.45, 7) is -0.189. The van der Waals surface area contributed by atoms with E-state index in [0.29, 0.717) is 32.3 Å². The number of rotatable bonds is 5. The first kappa shape index (κ1) is 19.2. The maximum Gasteiger partial charge on any atom is 0.420 e. The van der Waals surface area contributed by atoms with E-state index in [0.717, 1.165) is 0 Å². The second-order valence-corrected chi connectivity index (χ2v) is 7.22. The summed E-state index contributed by atoms with van der Waals surface area (Å²) in [7, 11) is 0. The van der Waals surface area contributed by atoms with Crippen LogP contribution in [0.3, 0.4) is 0 Å². The fourth-order valence-corrected chi connectivity index (χ4v) is 3.38. The Hall–Kier alpha value is -3.15. The molecule has 0 atom stereocenters. The number of benzene rings is 3. The molecule has 0 aliphatic heterocycles. The summed E-state index contributed by atoms with van der Waals surface area (Å²) in [5.74, 6) is -1.22. The topological polar surface area (TPSA) is 69.3 Å². The Morgan fingerprint density at radius 2 is 1.59 bits per heavy atom. The van der Waals surface area contributed by atoms with Crippen molar-refractivity contribution in [1.29, 1.82) is 0 Å². The maximum atomic E-state index is 12.7. The molecule has 0 fully saturated rings. The van der Waals surface area contributed by atoms with Gasteiger partial charge in [0.05, 0.1) is 17.1 Å². The molecule has 0 N–H and O–H groups in total. The highest BCUT2D eigenvalue weighted by atomic mass is 35.5. The molecule has 7 heteroatoms. The second-order valence-electron chi connectivity index (χ2n) is 6.38. The van der Waals surface area contributed by atoms with E-state index in [4.69, 9.17) is 27.6 Å². The summed E-state index contributed by atoms with van der Waals surface area (Å²) in [6, 6.07) is 17.8. The summed E-state index contributed by atoms with van der Waals surface area (Å²) >= 11 is 11.9. The lowest BCUT2D eigenvalue weighted by molar-refractivity contribution is 0.0969. The van der Waals surface area contributed by atoms with Gasteiger partial charge >= 0.3 is 5.76 Å². The normalized spacial score (nSPS) is 11.0. The first-order valence-electron chi connectivity index (χ1n) is 8.65. The molecule has 0 saturated heterocycles. The molecule has 0 aliphatic carbocycles. The fraction of sp³-hybridized carbons (Fsp3) is 0.0455. The van der Waals surface area contributed by atoms with Crippen LogP contribution in [0.2, 0.25) is 10.0 Å². The number of carbonyl (C=O) groups is 2. The van der Waals surface area contributed by atoms with Crippen LogP contribution in [0.15, 0.2) is 75.9 Å². The van der Waals surface area contributed by atoms with E-state index in [9.17, 15) is 14.4 Å². The van der Waals surface area contributed by atoms with Crippen LogP contribution in [-0.2, 0) is 6.54 Å². The Kier molecular flexibility index (Phi) is 5.09. The lowest BCUT2D eigenvalue weighted by Gasteiger charge is -2.05. The van der Waals surface area contributed by atoms with Gasteiger partial charge in [0.25, 0.3) is 0 Å². The molecule has 0 unspecified atom stereocenters. The van der Waals surface area contributed by atoms with Crippen molar-refractivity contribution in [3.05, 3.63) is 104 Å². The van der Waals surface area contributed by atoms with Crippen LogP contribution in [0.4, 0.5) is 0 Å². The summed E-state index contributed by atoms with van der Waals surface area (Å²) in [4.78, 5) is 37.5. The van der Waals surface area contributed by atoms with Gasteiger partial charge in [-0.15, -0.1) is 0 Å². The SMILES string of the molecule is O=C(Cn1c(=O)oc2cc(C(=O)c3ccccc3Cl)ccc21)c1ccc(Cl)cc1. The van der Waals surface area contributed by atoms with Crippen molar-refractivity contribution in [3.63, 3.8) is 0 Å². The Labute approximate surface area is 175 Å². The molecule has 0 aliphatic rings. The number of Topliss-reactive ketones (excluding diaryl/α,β-unsaturated/α-hetero) is 1. The molecule has 29 heavy (non-hydrogen) atoms. The fourth-order valence-electron chi connectivity index (χ4n) is 3.03. The van der Waals surface area contributed by atoms with Crippen molar-refractivity contribution >= 4 is 45.9 Å². The van der Waals surface area contributed by atoms with Gasteiger partial charge in [-0.05, 0) is 54.6 Å². The van der Waals surface area contributed by atoms with Crippen molar-refractivity contribution in [2.24, 2.45) is 0 Å². The molecule has 0 saturated carbocycles. The maximum absolute atomic E-state index is 12.7. The van der Waals surface area contributed by atoms with E-state index in [2.05, 4.69) is 0 Å². The van der Waals surface area contributed by atoms with Crippen LogP contribution in [0.25, 0.3) is 11.1 Å². The minimum Gasteiger partial charge on any atom is -0.408 e. The van der Waals surface area contributed by atoms with Crippen LogP contribution in [0, 0.1) is 0 Å². The van der Waals surface area contributed by atoms with Crippen LogP contribution >= 0.6 is 23.2 Å². The van der Waals surface area contributed by atoms with E-state index < -0.39 is 5.76 Å². The number of nitrogens with zero attached hydrogens (tertiary/aromatic N) is 1. The quantitative estimate of drug-likeness (QED) is 0.421. The smallest absolute Gasteiger partial charge is 0.408 e. The summed E-state index contributed by atoms with van der Waals surface area (Å²) < 4.78 is 6.49. The Morgan fingerprint density at radius 1 is 0.897 bits per heavy atom. The number of oxazole rings is 1. The number of fused-ring (bicyclic) bond motifs is 1. The van der Waals surface area contributed by atoms with Crippen LogP contribution in [0.1, 0.15) is 26.3 Å². The van der Waals surface area contributed by atoms with Gasteiger partial charge in [0.2, 0.25) is 0 Å². The molecule has 0 spiro atoms. The van der Waals surface area contributed by atoms with Crippen molar-refractivity contribution in [1.82, 2.24) is 4.57 Å². The minimum absolute atomic E-state index is 0.189. The molecule has 1 heterocycles. The highest BCUT2D eigenvalue weighted by Crippen LogP contribution is 2.22. The monoisotopic (exact) mass is 425 g/mol. The van der Waals surface area contributed by atoms with Crippen LogP contribution in [0.5, 0.6) is 0 Å². The summed E-state index contributed by atoms with van der Waals surface area (Å²) in [6.07, 6.45) is 0. The first-order chi connectivity index (χ1) is 13.9. The predicted octanol–water partition coefficient (Wildman–Crippen LogP) is 5.02. The first-order valence-corrected chi connectivity index (χ1v) is 9.41. The molecule has 0 radical (unpaired) electrons. The number of hydrogen-bond donors (Lipinski definition) is 0. The molecule has 0 bridgehead atoms. The molecule has 4 rings (SSSR count). The second kappa shape index (κ2) is 7.70. The van der Waals surface area contributed by atoms with E-state index in [1.807, 2.05) is 0 Å². The molecule has 5 nitrogen and oxygen atoms in total. The van der Waals surface area contributed by atoms with Gasteiger partial charge in [-0.3, -0.25) is 14.2 Å². The van der Waals surface area contributed by atoms with E-state index in [-0.39, 0.29) is 23.7 Å². The molecular weight excluding hydrogens is 413 g/mol. The van der Waals surface area contributed by atoms with Gasteiger partial charge in [0.15, 0.2) is 17.1 Å². The zero-order chi connectivity index (χ0) is 20.5. The number of hydrogen-bond acceptors (Lipinski definition) is 4. The van der Waals surface area contributed by atoms with Gasteiger partial charge in [-0.25, -0.2) is 4.79 Å². The van der Waals surface area contributed by atoms with E-state index in [1.54, 1.807) is 60.7 Å². The number of carbonyl (C=O) groups excluding carboxylic acids is 2. The lowest BCUT2D eigenvalue weighted by atomic mass is 10.0. The van der Waals surface area contributed by atoms with Gasteiger partial charge in [-0.1, -0.05) is 35.3 Å². The van der Waals surface area contributed by atoms with Gasteiger partial charge in [0.1, 0.15) is 0 Å². The molecule has 1 aromatic heterocycles. The third-order valence-electron chi connectivity index (χ3n) is 4.52. The third-order valence-corrected chi connectivity index (χ3v) is 5.10. The van der Waals surface area contributed by atoms with Gasteiger partial charge < -0.3 is 4.42 Å². The number of halogens is 2. The molecule has 4 aromatic rings. The predicted molar refractivity (Wildman–Crippen MR) is 111 cm³/mol. The van der Waals surface area contributed by atoms with Crippen LogP contribution < -0.4 is 5.76 Å². The standard InChI is InChI=1S/C22H13Cl2NO4/c23-15-8-5-13(6-9-15)19(26)12-25-18-10-7-14(11-20(18)29-22(25)28)21(27)16-3-1-2-4-17(16)24/h1-11H,12H2. The summed E-state index contributed by atoms with van der Waals surface area (Å²) in [5.41, 5.74) is 1.76. The van der Waals surface area contributed by atoms with Gasteiger partial charge in [0, 0.05) is 21.7 Å². The minimum atomic E-state index is -0.676. The summed E-state index contributed by atoms with van der Waals surface area (Å²) in [5, 5.41) is 0.855. The average molecular weight is 426 g/mol. The van der Waals surface area contributed by atoms with Crippen molar-refractivity contribution in [2.45, 2.75) is 6.54 Å². The Balaban J connectivity index is 1.67. The molecule has 144 valence electrons. The lowest BCUT2D eigenvalue weighted by Crippen LogP contribution is -2.20. The van der Waals surface area contributed by atoms with E-state index in [1.165, 1.54) is 10.6 Å². The third kappa shape index (κ3) is 3.75. The Morgan fingerprint density at radius 3 is 2.31 bits per heavy atom. The van der Waals surface area contributed by atoms with E-state index >= 15 is 0 Å². The van der Waals surface area contributed by atoms with Crippen LogP contribution in [-0.4, -0.2) is 16.1 Å². The molecule has 0 amide bonds. The zero-order valence-electron chi connectivity index (χ0n) is 14.9.